The lowest BCUT2D eigenvalue weighted by Gasteiger charge is -2.06. The number of nitrogens with zero attached hydrogens (tertiary/aromatic N) is 1. The van der Waals surface area contributed by atoms with E-state index in [0.717, 1.165) is 4.88 Å². The number of nitro groups is 1. The first-order valence-electron chi connectivity index (χ1n) is 8.75. The molecule has 1 amide bonds. The first kappa shape index (κ1) is 21.1. The number of furan rings is 1. The van der Waals surface area contributed by atoms with Crippen LogP contribution in [0.3, 0.4) is 0 Å². The normalized spacial score (nSPS) is 10.5. The molecule has 10 heteroatoms. The standard InChI is InChI=1S/C20H18N2O7S/c1-11-8-13(4-6-16(11)22(25)26)28-10-14-5-7-17(29-14)18(23)21-19-15(20(24)27-3)9-12(2)30-19/h4-9H,10H2,1-3H3,(H,21,23). The third-order valence-electron chi connectivity index (χ3n) is 4.12. The van der Waals surface area contributed by atoms with Crippen LogP contribution in [0.4, 0.5) is 10.7 Å². The van der Waals surface area contributed by atoms with Gasteiger partial charge in [0.1, 0.15) is 23.1 Å². The van der Waals surface area contributed by atoms with Crippen LogP contribution in [0.2, 0.25) is 0 Å². The molecular weight excluding hydrogens is 412 g/mol. The van der Waals surface area contributed by atoms with Crippen molar-refractivity contribution in [2.24, 2.45) is 0 Å². The number of nitro benzene ring substituents is 1. The molecule has 0 saturated carbocycles. The molecule has 2 heterocycles. The molecule has 156 valence electrons. The van der Waals surface area contributed by atoms with Crippen LogP contribution < -0.4 is 10.1 Å². The van der Waals surface area contributed by atoms with Gasteiger partial charge in [0.25, 0.3) is 11.6 Å². The largest absolute Gasteiger partial charge is 0.486 e. The summed E-state index contributed by atoms with van der Waals surface area (Å²) in [6.45, 7) is 3.47. The van der Waals surface area contributed by atoms with E-state index in [2.05, 4.69) is 5.32 Å². The van der Waals surface area contributed by atoms with E-state index in [-0.39, 0.29) is 23.6 Å². The molecule has 9 nitrogen and oxygen atoms in total. The Morgan fingerprint density at radius 1 is 1.20 bits per heavy atom. The Hall–Kier alpha value is -3.66. The number of carbonyl (C=O) groups excluding carboxylic acids is 2. The van der Waals surface area contributed by atoms with Gasteiger partial charge in [-0.1, -0.05) is 0 Å². The monoisotopic (exact) mass is 430 g/mol. The van der Waals surface area contributed by atoms with E-state index < -0.39 is 16.8 Å². The summed E-state index contributed by atoms with van der Waals surface area (Å²) in [5, 5.41) is 13.9. The Kier molecular flexibility index (Phi) is 6.17. The molecule has 0 atom stereocenters. The first-order chi connectivity index (χ1) is 14.3. The second-order valence-electron chi connectivity index (χ2n) is 6.31. The van der Waals surface area contributed by atoms with Crippen LogP contribution in [-0.2, 0) is 11.3 Å². The highest BCUT2D eigenvalue weighted by atomic mass is 32.1. The highest BCUT2D eigenvalue weighted by Gasteiger charge is 2.20. The molecule has 0 aliphatic heterocycles. The van der Waals surface area contributed by atoms with Crippen LogP contribution in [0, 0.1) is 24.0 Å². The number of ether oxygens (including phenoxy) is 2. The maximum absolute atomic E-state index is 12.5. The first-order valence-corrected chi connectivity index (χ1v) is 9.56. The van der Waals surface area contributed by atoms with Gasteiger partial charge in [-0.25, -0.2) is 4.79 Å². The SMILES string of the molecule is COC(=O)c1cc(C)sc1NC(=O)c1ccc(COc2ccc([N+](=O)[O-])c(C)c2)o1. The Balaban J connectivity index is 1.65. The number of hydrogen-bond donors (Lipinski definition) is 1. The van der Waals surface area contributed by atoms with Crippen molar-refractivity contribution in [3.8, 4) is 5.75 Å². The molecule has 0 aliphatic rings. The molecule has 0 bridgehead atoms. The number of benzene rings is 1. The van der Waals surface area contributed by atoms with E-state index in [1.165, 1.54) is 36.6 Å². The lowest BCUT2D eigenvalue weighted by Crippen LogP contribution is -2.13. The molecule has 0 fully saturated rings. The summed E-state index contributed by atoms with van der Waals surface area (Å²) in [6.07, 6.45) is 0. The number of aryl methyl sites for hydroxylation is 2. The molecule has 0 aliphatic carbocycles. The molecule has 0 radical (unpaired) electrons. The van der Waals surface area contributed by atoms with Crippen LogP contribution in [0.1, 0.15) is 37.1 Å². The fraction of sp³-hybridized carbons (Fsp3) is 0.200. The van der Waals surface area contributed by atoms with E-state index in [1.54, 1.807) is 25.1 Å². The van der Waals surface area contributed by atoms with E-state index in [1.807, 2.05) is 6.92 Å². The zero-order valence-electron chi connectivity index (χ0n) is 16.4. The molecule has 1 aromatic carbocycles. The zero-order valence-corrected chi connectivity index (χ0v) is 17.2. The van der Waals surface area contributed by atoms with Gasteiger partial charge in [0.15, 0.2) is 5.76 Å². The predicted octanol–water partition coefficient (Wildman–Crippen LogP) is 4.48. The van der Waals surface area contributed by atoms with Crippen LogP contribution in [0.5, 0.6) is 5.75 Å². The van der Waals surface area contributed by atoms with E-state index in [9.17, 15) is 19.7 Å². The number of thiophene rings is 1. The summed E-state index contributed by atoms with van der Waals surface area (Å²) in [5.41, 5.74) is 0.760. The lowest BCUT2D eigenvalue weighted by molar-refractivity contribution is -0.385. The maximum atomic E-state index is 12.5. The summed E-state index contributed by atoms with van der Waals surface area (Å²) < 4.78 is 15.8. The van der Waals surface area contributed by atoms with Crippen molar-refractivity contribution in [1.82, 2.24) is 0 Å². The minimum Gasteiger partial charge on any atom is -0.486 e. The Morgan fingerprint density at radius 2 is 1.97 bits per heavy atom. The highest BCUT2D eigenvalue weighted by Crippen LogP contribution is 2.29. The van der Waals surface area contributed by atoms with Crippen molar-refractivity contribution >= 4 is 33.9 Å². The van der Waals surface area contributed by atoms with Crippen molar-refractivity contribution < 1.29 is 28.4 Å². The average molecular weight is 430 g/mol. The molecule has 0 saturated heterocycles. The molecule has 3 rings (SSSR count). The summed E-state index contributed by atoms with van der Waals surface area (Å²) in [6, 6.07) is 9.14. The van der Waals surface area contributed by atoms with Gasteiger partial charge in [0, 0.05) is 16.5 Å². The lowest BCUT2D eigenvalue weighted by atomic mass is 10.2. The number of carbonyl (C=O) groups is 2. The number of nitrogens with one attached hydrogen (secondary N) is 1. The van der Waals surface area contributed by atoms with Crippen molar-refractivity contribution in [1.29, 1.82) is 0 Å². The minimum atomic E-state index is -0.540. The summed E-state index contributed by atoms with van der Waals surface area (Å²) in [4.78, 5) is 35.6. The van der Waals surface area contributed by atoms with Crippen LogP contribution in [0.25, 0.3) is 0 Å². The number of anilines is 1. The fourth-order valence-electron chi connectivity index (χ4n) is 2.69. The van der Waals surface area contributed by atoms with Crippen molar-refractivity contribution in [2.75, 3.05) is 12.4 Å². The third-order valence-corrected chi connectivity index (χ3v) is 5.09. The summed E-state index contributed by atoms with van der Waals surface area (Å²) in [5.74, 6) is -0.166. The molecule has 3 aromatic rings. The summed E-state index contributed by atoms with van der Waals surface area (Å²) >= 11 is 1.25. The van der Waals surface area contributed by atoms with E-state index in [4.69, 9.17) is 13.9 Å². The molecular formula is C20H18N2O7S. The second kappa shape index (κ2) is 8.78. The van der Waals surface area contributed by atoms with Crippen molar-refractivity contribution in [3.05, 3.63) is 74.0 Å². The van der Waals surface area contributed by atoms with Crippen molar-refractivity contribution in [2.45, 2.75) is 20.5 Å². The topological polar surface area (TPSA) is 121 Å². The number of esters is 1. The molecule has 0 spiro atoms. The number of methoxy groups -OCH3 is 1. The molecule has 2 aromatic heterocycles. The minimum absolute atomic E-state index is 0.00874. The van der Waals surface area contributed by atoms with Gasteiger partial charge in [-0.15, -0.1) is 11.3 Å². The van der Waals surface area contributed by atoms with Gasteiger partial charge in [-0.2, -0.15) is 0 Å². The molecule has 30 heavy (non-hydrogen) atoms. The number of amides is 1. The van der Waals surface area contributed by atoms with Crippen LogP contribution >= 0.6 is 11.3 Å². The van der Waals surface area contributed by atoms with Gasteiger partial charge in [0.2, 0.25) is 0 Å². The number of hydrogen-bond acceptors (Lipinski definition) is 8. The van der Waals surface area contributed by atoms with Gasteiger partial charge in [-0.3, -0.25) is 14.9 Å². The van der Waals surface area contributed by atoms with Crippen LogP contribution in [-0.4, -0.2) is 23.9 Å². The molecule has 1 N–H and O–H groups in total. The quantitative estimate of drug-likeness (QED) is 0.333. The zero-order chi connectivity index (χ0) is 21.8. The average Bonchev–Trinajstić information content (AvgIpc) is 3.32. The summed E-state index contributed by atoms with van der Waals surface area (Å²) in [7, 11) is 1.27. The second-order valence-corrected chi connectivity index (χ2v) is 7.56. The van der Waals surface area contributed by atoms with Gasteiger partial charge in [0.05, 0.1) is 17.6 Å². The maximum Gasteiger partial charge on any atom is 0.340 e. The Bertz CT molecular complexity index is 1120. The fourth-order valence-corrected chi connectivity index (χ4v) is 3.58. The van der Waals surface area contributed by atoms with Gasteiger partial charge < -0.3 is 19.2 Å². The molecule has 0 unspecified atom stereocenters. The van der Waals surface area contributed by atoms with Gasteiger partial charge >= 0.3 is 5.97 Å². The van der Waals surface area contributed by atoms with Gasteiger partial charge in [-0.05, 0) is 44.2 Å². The number of rotatable bonds is 7. The van der Waals surface area contributed by atoms with Crippen molar-refractivity contribution in [3.63, 3.8) is 0 Å². The van der Waals surface area contributed by atoms with E-state index in [0.29, 0.717) is 22.1 Å². The Labute approximate surface area is 175 Å². The predicted molar refractivity (Wildman–Crippen MR) is 109 cm³/mol. The third kappa shape index (κ3) is 4.66. The highest BCUT2D eigenvalue weighted by molar-refractivity contribution is 7.16. The Morgan fingerprint density at radius 3 is 2.63 bits per heavy atom. The van der Waals surface area contributed by atoms with E-state index >= 15 is 0 Å². The smallest absolute Gasteiger partial charge is 0.340 e. The van der Waals surface area contributed by atoms with Crippen LogP contribution in [0.15, 0.2) is 40.8 Å².